The van der Waals surface area contributed by atoms with Gasteiger partial charge in [0.15, 0.2) is 6.10 Å². The van der Waals surface area contributed by atoms with E-state index in [9.17, 15) is 14.3 Å². The molecule has 312 valence electrons. The number of hydrogen-bond acceptors (Lipinski definition) is 7. The van der Waals surface area contributed by atoms with E-state index in [-0.39, 0.29) is 32.8 Å². The summed E-state index contributed by atoms with van der Waals surface area (Å²) in [6.45, 7) is 4.12. The first-order chi connectivity index (χ1) is 26.4. The predicted molar refractivity (Wildman–Crippen MR) is 228 cm³/mol. The van der Waals surface area contributed by atoms with Crippen molar-refractivity contribution in [3.63, 3.8) is 0 Å². The van der Waals surface area contributed by atoms with Crippen molar-refractivity contribution in [1.82, 2.24) is 0 Å². The summed E-state index contributed by atoms with van der Waals surface area (Å²) in [5.74, 6) is -0.434. The van der Waals surface area contributed by atoms with Crippen LogP contribution in [-0.4, -0.2) is 43.3 Å². The molecule has 1 unspecified atom stereocenters. The van der Waals surface area contributed by atoms with Gasteiger partial charge in [-0.25, -0.2) is 4.57 Å². The number of rotatable bonds is 40. The predicted octanol–water partition coefficient (Wildman–Crippen LogP) is 13.1. The molecule has 54 heavy (non-hydrogen) atoms. The van der Waals surface area contributed by atoms with Gasteiger partial charge in [-0.2, -0.15) is 0 Å². The number of carbonyl (C=O) groups is 1. The van der Waals surface area contributed by atoms with Crippen molar-refractivity contribution in [3.05, 3.63) is 73.1 Å². The normalized spacial score (nSPS) is 14.1. The Balaban J connectivity index is 4.23. The molecule has 0 radical (unpaired) electrons. The summed E-state index contributed by atoms with van der Waals surface area (Å²) in [5.41, 5.74) is 5.35. The molecule has 0 saturated carbocycles. The minimum absolute atomic E-state index is 0.000224. The minimum atomic E-state index is -4.31. The largest absolute Gasteiger partial charge is 0.498 e. The van der Waals surface area contributed by atoms with Crippen LogP contribution in [0.25, 0.3) is 0 Å². The molecule has 0 aliphatic rings. The highest BCUT2D eigenvalue weighted by molar-refractivity contribution is 7.47. The number of ether oxygens (including phenoxy) is 2. The molecular formula is C45H80NO7P. The van der Waals surface area contributed by atoms with E-state index in [1.54, 1.807) is 6.26 Å². The molecule has 0 heterocycles. The highest BCUT2D eigenvalue weighted by atomic mass is 31.2. The van der Waals surface area contributed by atoms with Crippen LogP contribution in [0, 0.1) is 0 Å². The molecule has 0 aromatic carbocycles. The summed E-state index contributed by atoms with van der Waals surface area (Å²) in [4.78, 5) is 22.4. The molecule has 2 atom stereocenters. The van der Waals surface area contributed by atoms with Gasteiger partial charge in [0.05, 0.1) is 19.5 Å². The van der Waals surface area contributed by atoms with Crippen LogP contribution in [0.4, 0.5) is 0 Å². The van der Waals surface area contributed by atoms with Gasteiger partial charge in [0.2, 0.25) is 0 Å². The SMILES string of the molecule is CCCCC/C=C\C/C=C\C/C=C\C/C=C\C/C=C\CCC(=O)O[C@H](CO/C=C\CCCCCCCCCCCCCCCC)COP(=O)(O)OCCN. The summed E-state index contributed by atoms with van der Waals surface area (Å²) in [6.07, 6.45) is 53.1. The van der Waals surface area contributed by atoms with Gasteiger partial charge in [-0.1, -0.05) is 171 Å². The monoisotopic (exact) mass is 778 g/mol. The average Bonchev–Trinajstić information content (AvgIpc) is 3.16. The first-order valence-electron chi connectivity index (χ1n) is 21.5. The first kappa shape index (κ1) is 51.8. The second-order valence-corrected chi connectivity index (χ2v) is 15.4. The number of carbonyl (C=O) groups excluding carboxylic acids is 1. The molecule has 0 bridgehead atoms. The molecular weight excluding hydrogens is 697 g/mol. The van der Waals surface area contributed by atoms with Crippen LogP contribution in [0.2, 0.25) is 0 Å². The lowest BCUT2D eigenvalue weighted by Crippen LogP contribution is -2.27. The quantitative estimate of drug-likeness (QED) is 0.0208. The van der Waals surface area contributed by atoms with Crippen molar-refractivity contribution >= 4 is 13.8 Å². The zero-order chi connectivity index (χ0) is 39.5. The number of nitrogens with two attached hydrogens (primary N) is 1. The maximum absolute atomic E-state index is 12.5. The Morgan fingerprint density at radius 3 is 1.52 bits per heavy atom. The second-order valence-electron chi connectivity index (χ2n) is 13.9. The Morgan fingerprint density at radius 1 is 0.574 bits per heavy atom. The van der Waals surface area contributed by atoms with Gasteiger partial charge in [0.25, 0.3) is 0 Å². The van der Waals surface area contributed by atoms with E-state index in [4.69, 9.17) is 24.3 Å². The molecule has 3 N–H and O–H groups in total. The molecule has 0 aromatic heterocycles. The highest BCUT2D eigenvalue weighted by Gasteiger charge is 2.25. The van der Waals surface area contributed by atoms with Crippen molar-refractivity contribution in [3.8, 4) is 0 Å². The Bertz CT molecular complexity index is 1050. The molecule has 0 aromatic rings. The number of allylic oxidation sites excluding steroid dienone is 11. The average molecular weight is 778 g/mol. The number of hydrogen-bond donors (Lipinski definition) is 2. The summed E-state index contributed by atoms with van der Waals surface area (Å²) >= 11 is 0. The molecule has 9 heteroatoms. The summed E-state index contributed by atoms with van der Waals surface area (Å²) in [6, 6.07) is 0. The zero-order valence-electron chi connectivity index (χ0n) is 34.4. The number of phosphoric acid groups is 1. The molecule has 0 spiro atoms. The van der Waals surface area contributed by atoms with Crippen LogP contribution >= 0.6 is 7.82 Å². The molecule has 0 aliphatic carbocycles. The Labute approximate surface area is 331 Å². The fourth-order valence-electron chi connectivity index (χ4n) is 5.53. The maximum Gasteiger partial charge on any atom is 0.472 e. The van der Waals surface area contributed by atoms with Crippen molar-refractivity contribution in [2.75, 3.05) is 26.4 Å². The fourth-order valence-corrected chi connectivity index (χ4v) is 6.30. The molecule has 0 aliphatic heterocycles. The van der Waals surface area contributed by atoms with Gasteiger partial charge in [0, 0.05) is 13.0 Å². The number of esters is 1. The highest BCUT2D eigenvalue weighted by Crippen LogP contribution is 2.43. The summed E-state index contributed by atoms with van der Waals surface area (Å²) < 4.78 is 33.1. The van der Waals surface area contributed by atoms with E-state index in [0.29, 0.717) is 6.42 Å². The third-order valence-electron chi connectivity index (χ3n) is 8.70. The molecule has 0 rings (SSSR count). The molecule has 8 nitrogen and oxygen atoms in total. The Morgan fingerprint density at radius 2 is 1.00 bits per heavy atom. The van der Waals surface area contributed by atoms with E-state index in [2.05, 4.69) is 62.5 Å². The topological polar surface area (TPSA) is 117 Å². The van der Waals surface area contributed by atoms with Gasteiger partial charge in [-0.05, 0) is 63.9 Å². The lowest BCUT2D eigenvalue weighted by molar-refractivity contribution is -0.153. The van der Waals surface area contributed by atoms with E-state index >= 15 is 0 Å². The number of unbranched alkanes of at least 4 members (excludes halogenated alkanes) is 17. The van der Waals surface area contributed by atoms with Gasteiger partial charge in [0.1, 0.15) is 6.61 Å². The van der Waals surface area contributed by atoms with Gasteiger partial charge >= 0.3 is 13.8 Å². The van der Waals surface area contributed by atoms with E-state index in [1.165, 1.54) is 109 Å². The summed E-state index contributed by atoms with van der Waals surface area (Å²) in [7, 11) is -4.31. The van der Waals surface area contributed by atoms with Crippen LogP contribution in [0.15, 0.2) is 73.1 Å². The Hall–Kier alpha value is -2.22. The number of phosphoric ester groups is 1. The second kappa shape index (κ2) is 41.9. The minimum Gasteiger partial charge on any atom is -0.498 e. The summed E-state index contributed by atoms with van der Waals surface area (Å²) in [5, 5.41) is 0. The third-order valence-corrected chi connectivity index (χ3v) is 9.69. The smallest absolute Gasteiger partial charge is 0.472 e. The lowest BCUT2D eigenvalue weighted by atomic mass is 10.0. The van der Waals surface area contributed by atoms with Crippen LogP contribution in [0.3, 0.4) is 0 Å². The molecule has 0 saturated heterocycles. The van der Waals surface area contributed by atoms with Crippen LogP contribution in [0.1, 0.15) is 174 Å². The van der Waals surface area contributed by atoms with Crippen LogP contribution in [-0.2, 0) is 27.9 Å². The van der Waals surface area contributed by atoms with Crippen LogP contribution in [0.5, 0.6) is 0 Å². The van der Waals surface area contributed by atoms with Gasteiger partial charge in [-0.3, -0.25) is 13.8 Å². The zero-order valence-corrected chi connectivity index (χ0v) is 35.3. The Kier molecular flexibility index (Phi) is 40.2. The molecule has 0 amide bonds. The molecule has 0 fully saturated rings. The standard InChI is InChI=1S/C45H80NO7P/c1-3-5-7-9-11-13-15-17-19-21-22-23-24-26-28-30-32-34-36-38-45(47)53-44(43-52-54(48,49)51-41-39-46)42-50-40-37-35-33-31-29-27-25-20-18-16-14-12-10-8-6-4-2/h11,13,17,19,22-23,26,28,32,34,37,40,44H,3-10,12,14-16,18,20-21,24-25,27,29-31,33,35-36,38-39,41-43,46H2,1-2H3,(H,48,49)/b13-11-,19-17-,23-22-,28-26-,34-32-,40-37-/t44-/m1/s1. The lowest BCUT2D eigenvalue weighted by Gasteiger charge is -2.19. The van der Waals surface area contributed by atoms with Crippen molar-refractivity contribution < 1.29 is 32.8 Å². The third kappa shape index (κ3) is 41.0. The fraction of sp³-hybridized carbons (Fsp3) is 0.711. The van der Waals surface area contributed by atoms with E-state index in [1.807, 2.05) is 18.2 Å². The van der Waals surface area contributed by atoms with E-state index < -0.39 is 19.9 Å². The van der Waals surface area contributed by atoms with Crippen molar-refractivity contribution in [1.29, 1.82) is 0 Å². The van der Waals surface area contributed by atoms with Crippen molar-refractivity contribution in [2.45, 2.75) is 180 Å². The van der Waals surface area contributed by atoms with Gasteiger partial charge in [-0.15, -0.1) is 0 Å². The van der Waals surface area contributed by atoms with Crippen molar-refractivity contribution in [2.24, 2.45) is 5.73 Å². The van der Waals surface area contributed by atoms with Gasteiger partial charge < -0.3 is 20.1 Å². The van der Waals surface area contributed by atoms with E-state index in [0.717, 1.165) is 38.5 Å². The van der Waals surface area contributed by atoms with Crippen LogP contribution < -0.4 is 5.73 Å². The maximum atomic E-state index is 12.5. The first-order valence-corrected chi connectivity index (χ1v) is 23.0.